The Morgan fingerprint density at radius 2 is 1.50 bits per heavy atom. The van der Waals surface area contributed by atoms with Crippen molar-refractivity contribution >= 4 is 44.3 Å². The van der Waals surface area contributed by atoms with Crippen molar-refractivity contribution < 1.29 is 4.42 Å². The van der Waals surface area contributed by atoms with Crippen molar-refractivity contribution in [2.45, 2.75) is 0 Å². The zero-order valence-electron chi connectivity index (χ0n) is 13.5. The van der Waals surface area contributed by atoms with Gasteiger partial charge in [0.25, 0.3) is 0 Å². The maximum Gasteiger partial charge on any atom is 0.136 e. The van der Waals surface area contributed by atoms with Gasteiger partial charge >= 0.3 is 0 Å². The second-order valence-corrected chi connectivity index (χ2v) is 6.99. The Bertz CT molecular complexity index is 1450. The highest BCUT2D eigenvalue weighted by atomic mass is 35.5. The molecule has 0 atom stereocenters. The molecule has 5 aromatic rings. The summed E-state index contributed by atoms with van der Waals surface area (Å²) in [5.41, 5.74) is 6.23. The molecule has 120 valence electrons. The molecule has 2 nitrogen and oxygen atoms in total. The molecular weight excluding hydrogens is 342 g/mol. The van der Waals surface area contributed by atoms with Crippen LogP contribution >= 0.6 is 11.6 Å². The fourth-order valence-corrected chi connectivity index (χ4v) is 4.57. The molecule has 0 bridgehead atoms. The summed E-state index contributed by atoms with van der Waals surface area (Å²) in [6.07, 6.45) is 0. The van der Waals surface area contributed by atoms with E-state index in [1.54, 1.807) is 0 Å². The van der Waals surface area contributed by atoms with Crippen LogP contribution in [-0.4, -0.2) is 0 Å². The molecule has 1 aliphatic rings. The van der Waals surface area contributed by atoms with E-state index >= 15 is 0 Å². The molecule has 1 aliphatic carbocycles. The van der Waals surface area contributed by atoms with E-state index < -0.39 is 0 Å². The summed E-state index contributed by atoms with van der Waals surface area (Å²) in [7, 11) is 0. The van der Waals surface area contributed by atoms with E-state index in [2.05, 4.69) is 24.3 Å². The van der Waals surface area contributed by atoms with E-state index in [4.69, 9.17) is 16.0 Å². The Hall–Kier alpha value is -3.28. The van der Waals surface area contributed by atoms with Crippen LogP contribution in [0.2, 0.25) is 5.02 Å². The van der Waals surface area contributed by atoms with Gasteiger partial charge in [0.2, 0.25) is 0 Å². The lowest BCUT2D eigenvalue weighted by molar-refractivity contribution is 0.669. The first-order valence-electron chi connectivity index (χ1n) is 8.38. The maximum absolute atomic E-state index is 9.76. The first-order valence-corrected chi connectivity index (χ1v) is 8.76. The molecule has 3 heteroatoms. The van der Waals surface area contributed by atoms with Crippen molar-refractivity contribution in [3.8, 4) is 28.3 Å². The smallest absolute Gasteiger partial charge is 0.136 e. The number of rotatable bonds is 0. The molecule has 0 radical (unpaired) electrons. The Labute approximate surface area is 153 Å². The molecule has 0 spiro atoms. The topological polar surface area (TPSA) is 36.9 Å². The van der Waals surface area contributed by atoms with Crippen LogP contribution in [0.25, 0.3) is 55.0 Å². The molecule has 0 unspecified atom stereocenters. The number of furan rings is 1. The van der Waals surface area contributed by atoms with Crippen molar-refractivity contribution in [1.29, 1.82) is 5.26 Å². The zero-order valence-corrected chi connectivity index (χ0v) is 14.3. The maximum atomic E-state index is 9.76. The second kappa shape index (κ2) is 4.66. The quantitative estimate of drug-likeness (QED) is 0.298. The zero-order chi connectivity index (χ0) is 17.4. The standard InChI is InChI=1S/C23H10ClNO/c24-16-9-7-12-8-10-18-23-20(12)21(16)14-4-1-3-13(11-25)19(14)15-5-2-6-17(26-18)22(15)23/h1-10H. The summed E-state index contributed by atoms with van der Waals surface area (Å²) in [6.45, 7) is 0. The average molecular weight is 352 g/mol. The Kier molecular flexibility index (Phi) is 2.50. The van der Waals surface area contributed by atoms with E-state index in [1.807, 2.05) is 42.5 Å². The molecule has 0 saturated carbocycles. The van der Waals surface area contributed by atoms with Crippen LogP contribution < -0.4 is 0 Å². The number of benzene rings is 4. The highest BCUT2D eigenvalue weighted by Gasteiger charge is 2.26. The monoisotopic (exact) mass is 351 g/mol. The Balaban J connectivity index is 2.07. The molecule has 0 N–H and O–H groups in total. The molecule has 0 amide bonds. The highest BCUT2D eigenvalue weighted by molar-refractivity contribution is 6.38. The van der Waals surface area contributed by atoms with E-state index in [0.717, 1.165) is 55.0 Å². The highest BCUT2D eigenvalue weighted by Crippen LogP contribution is 2.51. The Morgan fingerprint density at radius 1 is 0.731 bits per heavy atom. The van der Waals surface area contributed by atoms with Crippen molar-refractivity contribution in [1.82, 2.24) is 0 Å². The summed E-state index contributed by atoms with van der Waals surface area (Å²) >= 11 is 6.69. The molecule has 26 heavy (non-hydrogen) atoms. The van der Waals surface area contributed by atoms with Crippen molar-refractivity contribution in [2.75, 3.05) is 0 Å². The van der Waals surface area contributed by atoms with Crippen LogP contribution in [0.5, 0.6) is 0 Å². The van der Waals surface area contributed by atoms with Gasteiger partial charge in [-0.3, -0.25) is 0 Å². The van der Waals surface area contributed by atoms with Crippen LogP contribution in [0.1, 0.15) is 5.56 Å². The van der Waals surface area contributed by atoms with Gasteiger partial charge in [0.15, 0.2) is 0 Å². The SMILES string of the molecule is N#Cc1cccc2c1-c1cccc3oc4ccc5ccc(Cl)c-2c5c4c13. The summed E-state index contributed by atoms with van der Waals surface area (Å²) < 4.78 is 6.13. The molecule has 0 aliphatic heterocycles. The predicted octanol–water partition coefficient (Wildman–Crippen LogP) is 6.91. The molecule has 1 heterocycles. The van der Waals surface area contributed by atoms with Crippen molar-refractivity contribution in [3.63, 3.8) is 0 Å². The number of halogens is 1. The van der Waals surface area contributed by atoms with Gasteiger partial charge in [0.05, 0.1) is 11.6 Å². The number of hydrogen-bond donors (Lipinski definition) is 0. The largest absolute Gasteiger partial charge is 0.456 e. The van der Waals surface area contributed by atoms with E-state index in [-0.39, 0.29) is 0 Å². The van der Waals surface area contributed by atoms with Gasteiger partial charge in [-0.15, -0.1) is 0 Å². The first kappa shape index (κ1) is 13.9. The predicted molar refractivity (Wildman–Crippen MR) is 105 cm³/mol. The lowest BCUT2D eigenvalue weighted by Gasteiger charge is -2.14. The fourth-order valence-electron chi connectivity index (χ4n) is 4.31. The summed E-state index contributed by atoms with van der Waals surface area (Å²) in [6, 6.07) is 22.3. The van der Waals surface area contributed by atoms with Gasteiger partial charge in [-0.1, -0.05) is 48.0 Å². The van der Waals surface area contributed by atoms with Gasteiger partial charge in [-0.05, 0) is 40.8 Å². The normalized spacial score (nSPS) is 12.0. The lowest BCUT2D eigenvalue weighted by Crippen LogP contribution is -1.90. The summed E-state index contributed by atoms with van der Waals surface area (Å²) in [5.74, 6) is 0. The van der Waals surface area contributed by atoms with Crippen LogP contribution in [-0.2, 0) is 0 Å². The third-order valence-electron chi connectivity index (χ3n) is 5.32. The number of hydrogen-bond acceptors (Lipinski definition) is 2. The lowest BCUT2D eigenvalue weighted by atomic mass is 9.90. The van der Waals surface area contributed by atoms with Crippen molar-refractivity contribution in [3.05, 3.63) is 71.2 Å². The van der Waals surface area contributed by atoms with E-state index in [9.17, 15) is 5.26 Å². The third kappa shape index (κ3) is 1.52. The second-order valence-electron chi connectivity index (χ2n) is 6.58. The molecule has 6 rings (SSSR count). The van der Waals surface area contributed by atoms with Crippen LogP contribution in [0.4, 0.5) is 0 Å². The molecular formula is C23H10ClNO. The van der Waals surface area contributed by atoms with Gasteiger partial charge in [0, 0.05) is 32.3 Å². The number of nitriles is 1. The summed E-state index contributed by atoms with van der Waals surface area (Å²) in [5, 5.41) is 14.8. The first-order chi connectivity index (χ1) is 12.8. The fraction of sp³-hybridized carbons (Fsp3) is 0. The molecule has 0 saturated heterocycles. The van der Waals surface area contributed by atoms with Crippen LogP contribution in [0, 0.1) is 11.3 Å². The van der Waals surface area contributed by atoms with Gasteiger partial charge in [-0.2, -0.15) is 5.26 Å². The van der Waals surface area contributed by atoms with Gasteiger partial charge in [-0.25, -0.2) is 0 Å². The van der Waals surface area contributed by atoms with Crippen LogP contribution in [0.3, 0.4) is 0 Å². The average Bonchev–Trinajstić information content (AvgIpc) is 2.99. The minimum Gasteiger partial charge on any atom is -0.456 e. The molecule has 1 aromatic heterocycles. The number of nitrogens with zero attached hydrogens (tertiary/aromatic N) is 1. The third-order valence-corrected chi connectivity index (χ3v) is 5.63. The van der Waals surface area contributed by atoms with E-state index in [1.165, 1.54) is 0 Å². The summed E-state index contributed by atoms with van der Waals surface area (Å²) in [4.78, 5) is 0. The van der Waals surface area contributed by atoms with Gasteiger partial charge < -0.3 is 4.42 Å². The molecule has 0 fully saturated rings. The minimum atomic E-state index is 0.644. The number of fused-ring (bicyclic) bond motifs is 3. The van der Waals surface area contributed by atoms with Gasteiger partial charge in [0.1, 0.15) is 11.2 Å². The van der Waals surface area contributed by atoms with Crippen molar-refractivity contribution in [2.24, 2.45) is 0 Å². The van der Waals surface area contributed by atoms with Crippen LogP contribution in [0.15, 0.2) is 65.1 Å². The Morgan fingerprint density at radius 3 is 2.38 bits per heavy atom. The minimum absolute atomic E-state index is 0.644. The molecule has 4 aromatic carbocycles. The van der Waals surface area contributed by atoms with E-state index in [0.29, 0.717) is 10.6 Å².